The first kappa shape index (κ1) is 34.9. The summed E-state index contributed by atoms with van der Waals surface area (Å²) in [5.74, 6) is 2.18. The van der Waals surface area contributed by atoms with Crippen molar-refractivity contribution in [3.05, 3.63) is 70.3 Å². The van der Waals surface area contributed by atoms with E-state index in [1.807, 2.05) is 25.1 Å². The summed E-state index contributed by atoms with van der Waals surface area (Å²) in [6, 6.07) is 11.9. The number of carbonyl (C=O) groups excluding carboxylic acids is 1. The Kier molecular flexibility index (Phi) is 12.6. The molecule has 1 saturated carbocycles. The molecule has 1 aliphatic carbocycles. The molecule has 0 radical (unpaired) electrons. The molecule has 9 heteroatoms. The number of hydrogen-bond acceptors (Lipinski definition) is 6. The maximum atomic E-state index is 13.2. The second-order valence-corrected chi connectivity index (χ2v) is 15.5. The van der Waals surface area contributed by atoms with Crippen molar-refractivity contribution in [2.75, 3.05) is 57.9 Å². The Hall–Kier alpha value is -2.39. The summed E-state index contributed by atoms with van der Waals surface area (Å²) in [6.45, 7) is 12.6. The van der Waals surface area contributed by atoms with Crippen molar-refractivity contribution in [2.45, 2.75) is 70.5 Å². The van der Waals surface area contributed by atoms with Gasteiger partial charge in [0.25, 0.3) is 5.91 Å². The van der Waals surface area contributed by atoms with Crippen LogP contribution in [-0.4, -0.2) is 73.3 Å². The van der Waals surface area contributed by atoms with Gasteiger partial charge in [0.2, 0.25) is 0 Å². The average molecular weight is 670 g/mol. The summed E-state index contributed by atoms with van der Waals surface area (Å²) in [5, 5.41) is 0.633. The number of halogens is 1. The van der Waals surface area contributed by atoms with E-state index in [1.165, 1.54) is 24.0 Å². The predicted molar refractivity (Wildman–Crippen MR) is 189 cm³/mol. The van der Waals surface area contributed by atoms with Crippen molar-refractivity contribution in [2.24, 2.45) is 17.8 Å². The van der Waals surface area contributed by atoms with Crippen LogP contribution in [0.25, 0.3) is 0 Å². The SMILES string of the molecule is CCCc1cc(Cl)ccc1C1COc2ccc3cc2N(C1)CC1CCC1C/C=C/CC(C)C(C)S(=O)NC3=O.CN1CCOCC1. The fourth-order valence-electron chi connectivity index (χ4n) is 6.81. The Bertz CT molecular complexity index is 1380. The van der Waals surface area contributed by atoms with E-state index < -0.39 is 11.0 Å². The van der Waals surface area contributed by atoms with Gasteiger partial charge in [0.05, 0.1) is 30.8 Å². The van der Waals surface area contributed by atoms with Gasteiger partial charge in [0, 0.05) is 42.7 Å². The number of nitrogens with zero attached hydrogens (tertiary/aromatic N) is 2. The van der Waals surface area contributed by atoms with Crippen molar-refractivity contribution in [1.29, 1.82) is 0 Å². The number of anilines is 1. The van der Waals surface area contributed by atoms with Gasteiger partial charge in [-0.25, -0.2) is 4.21 Å². The molecule has 46 heavy (non-hydrogen) atoms. The van der Waals surface area contributed by atoms with E-state index in [-0.39, 0.29) is 23.0 Å². The first-order valence-corrected chi connectivity index (χ1v) is 18.8. The lowest BCUT2D eigenvalue weighted by molar-refractivity contribution is 0.0503. The lowest BCUT2D eigenvalue weighted by Gasteiger charge is -2.41. The zero-order valence-electron chi connectivity index (χ0n) is 28.0. The topological polar surface area (TPSA) is 71.1 Å². The van der Waals surface area contributed by atoms with Crippen LogP contribution in [0.15, 0.2) is 48.6 Å². The van der Waals surface area contributed by atoms with Gasteiger partial charge in [0.1, 0.15) is 16.7 Å². The molecule has 3 aliphatic heterocycles. The maximum Gasteiger partial charge on any atom is 0.263 e. The number of ether oxygens (including phenoxy) is 2. The summed E-state index contributed by atoms with van der Waals surface area (Å²) < 4.78 is 27.3. The molecular formula is C37H52ClN3O4S. The zero-order chi connectivity index (χ0) is 32.6. The maximum absolute atomic E-state index is 13.2. The number of fused-ring (bicyclic) bond motifs is 2. The fraction of sp³-hybridized carbons (Fsp3) is 0.595. The lowest BCUT2D eigenvalue weighted by Crippen LogP contribution is -2.40. The Labute approximate surface area is 283 Å². The molecule has 6 atom stereocenters. The molecule has 3 heterocycles. The number of morpholine rings is 1. The molecule has 6 rings (SSSR count). The van der Waals surface area contributed by atoms with Crippen molar-refractivity contribution in [3.63, 3.8) is 0 Å². The number of aryl methyl sites for hydroxylation is 1. The van der Waals surface area contributed by atoms with Crippen LogP contribution in [0.1, 0.15) is 80.3 Å². The van der Waals surface area contributed by atoms with Crippen LogP contribution >= 0.6 is 11.6 Å². The minimum atomic E-state index is -1.46. The number of allylic oxidation sites excluding steroid dienone is 2. The average Bonchev–Trinajstić information content (AvgIpc) is 3.22. The monoisotopic (exact) mass is 669 g/mol. The molecule has 4 aliphatic rings. The van der Waals surface area contributed by atoms with Crippen LogP contribution in [-0.2, 0) is 22.1 Å². The van der Waals surface area contributed by atoms with Gasteiger partial charge in [-0.3, -0.25) is 9.52 Å². The molecule has 0 spiro atoms. The van der Waals surface area contributed by atoms with Crippen molar-refractivity contribution in [3.8, 4) is 5.75 Å². The summed E-state index contributed by atoms with van der Waals surface area (Å²) in [4.78, 5) is 17.9. The molecule has 0 aromatic heterocycles. The molecule has 6 unspecified atom stereocenters. The molecule has 1 amide bonds. The molecule has 7 nitrogen and oxygen atoms in total. The smallest absolute Gasteiger partial charge is 0.263 e. The van der Waals surface area contributed by atoms with Crippen molar-refractivity contribution in [1.82, 2.24) is 9.62 Å². The summed E-state index contributed by atoms with van der Waals surface area (Å²) in [6.07, 6.45) is 11.0. The van der Waals surface area contributed by atoms with Gasteiger partial charge in [-0.2, -0.15) is 0 Å². The fourth-order valence-corrected chi connectivity index (χ4v) is 8.02. The molecule has 2 aromatic carbocycles. The van der Waals surface area contributed by atoms with Crippen molar-refractivity contribution < 1.29 is 18.5 Å². The third-order valence-electron chi connectivity index (χ3n) is 10.2. The van der Waals surface area contributed by atoms with E-state index in [1.54, 1.807) is 6.07 Å². The first-order valence-electron chi connectivity index (χ1n) is 17.2. The largest absolute Gasteiger partial charge is 0.491 e. The van der Waals surface area contributed by atoms with Crippen LogP contribution in [0.2, 0.25) is 5.02 Å². The number of benzene rings is 2. The number of hydrogen-bond donors (Lipinski definition) is 1. The molecule has 2 bridgehead atoms. The highest BCUT2D eigenvalue weighted by Gasteiger charge is 2.35. The van der Waals surface area contributed by atoms with E-state index in [0.29, 0.717) is 24.0 Å². The van der Waals surface area contributed by atoms with E-state index in [4.69, 9.17) is 21.1 Å². The Morgan fingerprint density at radius 2 is 1.76 bits per heavy atom. The summed E-state index contributed by atoms with van der Waals surface area (Å²) in [5.41, 5.74) is 4.06. The molecule has 1 N–H and O–H groups in total. The minimum Gasteiger partial charge on any atom is -0.491 e. The molecule has 2 aromatic rings. The van der Waals surface area contributed by atoms with Crippen LogP contribution in [0.3, 0.4) is 0 Å². The number of carbonyl (C=O) groups is 1. The third kappa shape index (κ3) is 8.94. The molecule has 252 valence electrons. The van der Waals surface area contributed by atoms with E-state index in [9.17, 15) is 9.00 Å². The number of rotatable bonds is 3. The van der Waals surface area contributed by atoms with E-state index >= 15 is 0 Å². The quantitative estimate of drug-likeness (QED) is 0.355. The Balaban J connectivity index is 0.000000527. The van der Waals surface area contributed by atoms with Crippen LogP contribution in [0.4, 0.5) is 5.69 Å². The van der Waals surface area contributed by atoms with E-state index in [2.05, 4.69) is 59.7 Å². The summed E-state index contributed by atoms with van der Waals surface area (Å²) in [7, 11) is 0.653. The van der Waals surface area contributed by atoms with Gasteiger partial charge in [-0.15, -0.1) is 0 Å². The third-order valence-corrected chi connectivity index (χ3v) is 12.0. The molecule has 1 saturated heterocycles. The lowest BCUT2D eigenvalue weighted by atomic mass is 9.71. The van der Waals surface area contributed by atoms with Gasteiger partial charge in [-0.1, -0.05) is 50.1 Å². The Morgan fingerprint density at radius 1 is 1.00 bits per heavy atom. The predicted octanol–water partition coefficient (Wildman–Crippen LogP) is 7.02. The highest BCUT2D eigenvalue weighted by molar-refractivity contribution is 7.84. The molecule has 2 fully saturated rings. The van der Waals surface area contributed by atoms with Gasteiger partial charge in [0.15, 0.2) is 0 Å². The summed E-state index contributed by atoms with van der Waals surface area (Å²) >= 11 is 6.39. The highest BCUT2D eigenvalue weighted by atomic mass is 35.5. The molecular weight excluding hydrogens is 618 g/mol. The second kappa shape index (κ2) is 16.6. The van der Waals surface area contributed by atoms with Crippen molar-refractivity contribution >= 4 is 34.2 Å². The van der Waals surface area contributed by atoms with Gasteiger partial charge in [-0.05, 0) is 105 Å². The van der Waals surface area contributed by atoms with Crippen LogP contribution < -0.4 is 14.4 Å². The highest BCUT2D eigenvalue weighted by Crippen LogP contribution is 2.42. The minimum absolute atomic E-state index is 0.138. The number of likely N-dealkylation sites (N-methyl/N-ethyl adjacent to an activating group) is 1. The standard InChI is InChI=1S/C32H41ClN2O3S.C5H11NO/c1-4-7-24-16-28(33)13-14-29(24)27-19-35-18-26-11-10-23(26)9-6-5-8-21(2)22(3)39(37)34-32(36)25-12-15-31(38-20-27)30(35)17-25;1-6-2-4-7-5-3-6/h5-6,12-17,21-23,26-27H,4,7-11,18-20H2,1-3H3,(H,34,36);2-5H2,1H3/b6-5+;. The first-order chi connectivity index (χ1) is 22.2. The van der Waals surface area contributed by atoms with Crippen LogP contribution in [0, 0.1) is 17.8 Å². The number of amides is 1. The zero-order valence-corrected chi connectivity index (χ0v) is 29.6. The number of nitrogens with one attached hydrogen (secondary N) is 1. The Morgan fingerprint density at radius 3 is 2.46 bits per heavy atom. The second-order valence-electron chi connectivity index (χ2n) is 13.6. The normalized spacial score (nSPS) is 29.5. The van der Waals surface area contributed by atoms with Gasteiger partial charge < -0.3 is 19.3 Å². The van der Waals surface area contributed by atoms with Gasteiger partial charge >= 0.3 is 0 Å². The van der Waals surface area contributed by atoms with E-state index in [0.717, 1.165) is 81.5 Å². The van der Waals surface area contributed by atoms with Crippen LogP contribution in [0.5, 0.6) is 5.75 Å².